The zero-order valence-corrected chi connectivity index (χ0v) is 17.3. The molecule has 1 atom stereocenters. The van der Waals surface area contributed by atoms with Gasteiger partial charge in [0.05, 0.1) is 30.1 Å². The normalized spacial score (nSPS) is 14.0. The standard InChI is InChI=1S/C22H21Cl2N2O2/c1-14(22(27)15-5-8-17(28-2)9-6-15)26-13-20(25-11-3-4-21(25)26)16-7-10-18(23)19(24)12-16/h5-10,12-14H,3-4,11H2,1-2H3/q+1. The first kappa shape index (κ1) is 19.0. The summed E-state index contributed by atoms with van der Waals surface area (Å²) in [7, 11) is 1.62. The van der Waals surface area contributed by atoms with Crippen molar-refractivity contribution in [1.29, 1.82) is 0 Å². The summed E-state index contributed by atoms with van der Waals surface area (Å²) in [5.74, 6) is 1.98. The lowest BCUT2D eigenvalue weighted by atomic mass is 10.0. The monoisotopic (exact) mass is 415 g/mol. The summed E-state index contributed by atoms with van der Waals surface area (Å²) in [4.78, 5) is 13.1. The van der Waals surface area contributed by atoms with Crippen molar-refractivity contribution < 1.29 is 14.1 Å². The van der Waals surface area contributed by atoms with E-state index in [0.717, 1.165) is 42.2 Å². The molecule has 0 amide bonds. The Labute approximate surface area is 174 Å². The van der Waals surface area contributed by atoms with Crippen molar-refractivity contribution in [1.82, 2.24) is 4.57 Å². The predicted molar refractivity (Wildman–Crippen MR) is 110 cm³/mol. The van der Waals surface area contributed by atoms with Gasteiger partial charge in [0.25, 0.3) is 5.82 Å². The minimum absolute atomic E-state index is 0.0774. The van der Waals surface area contributed by atoms with Gasteiger partial charge >= 0.3 is 0 Å². The fraction of sp³-hybridized carbons (Fsp3) is 0.273. The average molecular weight is 416 g/mol. The first-order valence-corrected chi connectivity index (χ1v) is 10.0. The number of Topliss-reactive ketones (excluding diaryl/α,β-unsaturated/α-hetero) is 1. The molecule has 144 valence electrons. The summed E-state index contributed by atoms with van der Waals surface area (Å²) in [5, 5.41) is 1.07. The first-order valence-electron chi connectivity index (χ1n) is 9.27. The molecule has 1 aliphatic rings. The Morgan fingerprint density at radius 3 is 2.57 bits per heavy atom. The molecular weight excluding hydrogens is 395 g/mol. The lowest BCUT2D eigenvalue weighted by Gasteiger charge is -2.09. The predicted octanol–water partition coefficient (Wildman–Crippen LogP) is 5.15. The summed E-state index contributed by atoms with van der Waals surface area (Å²) < 4.78 is 9.55. The Hall–Kier alpha value is -2.30. The Morgan fingerprint density at radius 1 is 1.14 bits per heavy atom. The van der Waals surface area contributed by atoms with Crippen molar-refractivity contribution >= 4 is 29.0 Å². The third kappa shape index (κ3) is 3.31. The van der Waals surface area contributed by atoms with Crippen LogP contribution in [0.1, 0.15) is 35.6 Å². The third-order valence-electron chi connectivity index (χ3n) is 5.33. The molecule has 3 aromatic rings. The Balaban J connectivity index is 1.71. The molecule has 0 N–H and O–H groups in total. The van der Waals surface area contributed by atoms with Crippen LogP contribution in [-0.4, -0.2) is 17.5 Å². The number of ketones is 1. The van der Waals surface area contributed by atoms with Crippen molar-refractivity contribution in [2.45, 2.75) is 32.4 Å². The van der Waals surface area contributed by atoms with E-state index >= 15 is 0 Å². The van der Waals surface area contributed by atoms with Crippen LogP contribution in [0.2, 0.25) is 10.0 Å². The maximum atomic E-state index is 13.1. The van der Waals surface area contributed by atoms with E-state index in [4.69, 9.17) is 27.9 Å². The maximum Gasteiger partial charge on any atom is 0.257 e. The van der Waals surface area contributed by atoms with Crippen molar-refractivity contribution in [3.8, 4) is 17.0 Å². The van der Waals surface area contributed by atoms with Gasteiger partial charge in [-0.3, -0.25) is 4.79 Å². The summed E-state index contributed by atoms with van der Waals surface area (Å²) in [6.45, 7) is 2.88. The van der Waals surface area contributed by atoms with E-state index in [0.29, 0.717) is 15.6 Å². The number of imidazole rings is 1. The summed E-state index contributed by atoms with van der Waals surface area (Å²) in [6.07, 6.45) is 4.07. The fourth-order valence-corrected chi connectivity index (χ4v) is 4.11. The van der Waals surface area contributed by atoms with E-state index < -0.39 is 0 Å². The van der Waals surface area contributed by atoms with Crippen LogP contribution in [0.4, 0.5) is 0 Å². The van der Waals surface area contributed by atoms with E-state index in [1.54, 1.807) is 7.11 Å². The first-order chi connectivity index (χ1) is 13.5. The third-order valence-corrected chi connectivity index (χ3v) is 6.07. The van der Waals surface area contributed by atoms with Gasteiger partial charge in [-0.25, -0.2) is 9.13 Å². The minimum atomic E-state index is -0.302. The minimum Gasteiger partial charge on any atom is -0.497 e. The van der Waals surface area contributed by atoms with Gasteiger partial charge in [-0.15, -0.1) is 0 Å². The Morgan fingerprint density at radius 2 is 1.89 bits per heavy atom. The number of ether oxygens (including phenoxy) is 1. The molecule has 28 heavy (non-hydrogen) atoms. The molecular formula is C22H21Cl2N2O2+. The van der Waals surface area contributed by atoms with Crippen molar-refractivity contribution in [3.63, 3.8) is 0 Å². The van der Waals surface area contributed by atoms with E-state index in [1.165, 1.54) is 0 Å². The second-order valence-electron chi connectivity index (χ2n) is 6.99. The molecule has 4 rings (SSSR count). The molecule has 2 heterocycles. The topological polar surface area (TPSA) is 35.1 Å². The van der Waals surface area contributed by atoms with Crippen molar-refractivity contribution in [2.24, 2.45) is 0 Å². The fourth-order valence-electron chi connectivity index (χ4n) is 3.81. The van der Waals surface area contributed by atoms with Crippen molar-refractivity contribution in [3.05, 3.63) is 70.1 Å². The van der Waals surface area contributed by atoms with Gasteiger partial charge in [0.1, 0.15) is 11.9 Å². The van der Waals surface area contributed by atoms with Crippen LogP contribution in [-0.2, 0) is 13.0 Å². The van der Waals surface area contributed by atoms with E-state index in [2.05, 4.69) is 15.3 Å². The molecule has 0 fully saturated rings. The molecule has 1 aromatic heterocycles. The van der Waals surface area contributed by atoms with Crippen LogP contribution < -0.4 is 9.30 Å². The molecule has 0 bridgehead atoms. The van der Waals surface area contributed by atoms with Crippen LogP contribution >= 0.6 is 23.2 Å². The quantitative estimate of drug-likeness (QED) is 0.426. The van der Waals surface area contributed by atoms with E-state index in [-0.39, 0.29) is 11.8 Å². The zero-order chi connectivity index (χ0) is 19.8. The van der Waals surface area contributed by atoms with Gasteiger partial charge in [0.15, 0.2) is 11.7 Å². The van der Waals surface area contributed by atoms with Gasteiger partial charge in [0, 0.05) is 11.1 Å². The number of carbonyl (C=O) groups excluding carboxylic acids is 1. The number of hydrogen-bond donors (Lipinski definition) is 0. The number of aromatic nitrogens is 2. The highest BCUT2D eigenvalue weighted by molar-refractivity contribution is 6.42. The summed E-state index contributed by atoms with van der Waals surface area (Å²) in [5.41, 5.74) is 2.73. The maximum absolute atomic E-state index is 13.1. The lowest BCUT2D eigenvalue weighted by molar-refractivity contribution is -0.710. The van der Waals surface area contributed by atoms with Gasteiger partial charge in [-0.1, -0.05) is 23.2 Å². The number of carbonyl (C=O) groups is 1. The smallest absolute Gasteiger partial charge is 0.257 e. The molecule has 1 aliphatic heterocycles. The summed E-state index contributed by atoms with van der Waals surface area (Å²) >= 11 is 12.3. The molecule has 0 aliphatic carbocycles. The van der Waals surface area contributed by atoms with E-state index in [9.17, 15) is 4.79 Å². The van der Waals surface area contributed by atoms with Crippen LogP contribution in [0, 0.1) is 0 Å². The number of fused-ring (bicyclic) bond motifs is 1. The van der Waals surface area contributed by atoms with Crippen LogP contribution in [0.3, 0.4) is 0 Å². The molecule has 2 aromatic carbocycles. The molecule has 0 radical (unpaired) electrons. The molecule has 4 nitrogen and oxygen atoms in total. The highest BCUT2D eigenvalue weighted by atomic mass is 35.5. The lowest BCUT2D eigenvalue weighted by Crippen LogP contribution is -2.44. The molecule has 1 unspecified atom stereocenters. The largest absolute Gasteiger partial charge is 0.497 e. The molecule has 0 saturated carbocycles. The highest BCUT2D eigenvalue weighted by Gasteiger charge is 2.33. The number of rotatable bonds is 5. The van der Waals surface area contributed by atoms with Gasteiger partial charge in [-0.2, -0.15) is 0 Å². The molecule has 6 heteroatoms. The van der Waals surface area contributed by atoms with Gasteiger partial charge < -0.3 is 4.74 Å². The van der Waals surface area contributed by atoms with Crippen LogP contribution in [0.5, 0.6) is 5.75 Å². The number of halogens is 2. The Kier molecular flexibility index (Phi) is 5.17. The number of methoxy groups -OCH3 is 1. The second kappa shape index (κ2) is 7.61. The second-order valence-corrected chi connectivity index (χ2v) is 7.81. The summed E-state index contributed by atoms with van der Waals surface area (Å²) in [6, 6.07) is 12.6. The van der Waals surface area contributed by atoms with Crippen LogP contribution in [0.25, 0.3) is 11.3 Å². The number of hydrogen-bond acceptors (Lipinski definition) is 2. The Bertz CT molecular complexity index is 1040. The highest BCUT2D eigenvalue weighted by Crippen LogP contribution is 2.31. The number of benzene rings is 2. The SMILES string of the molecule is COc1ccc(C(=O)C(C)[n+]2cc(-c3ccc(Cl)c(Cl)c3)n3c2CCC3)cc1. The van der Waals surface area contributed by atoms with E-state index in [1.807, 2.05) is 49.4 Å². The molecule has 0 saturated heterocycles. The van der Waals surface area contributed by atoms with Crippen LogP contribution in [0.15, 0.2) is 48.7 Å². The zero-order valence-electron chi connectivity index (χ0n) is 15.8. The van der Waals surface area contributed by atoms with Crippen molar-refractivity contribution in [2.75, 3.05) is 7.11 Å². The van der Waals surface area contributed by atoms with Gasteiger partial charge in [-0.05, 0) is 55.8 Å². The average Bonchev–Trinajstić information content (AvgIpc) is 3.32. The molecule has 0 spiro atoms. The number of nitrogens with zero attached hydrogens (tertiary/aromatic N) is 2. The van der Waals surface area contributed by atoms with Gasteiger partial charge in [0.2, 0.25) is 5.78 Å².